The van der Waals surface area contributed by atoms with Gasteiger partial charge in [0, 0.05) is 40.3 Å². The molecule has 1 N–H and O–H groups in total. The molecule has 0 fully saturated rings. The minimum absolute atomic E-state index is 0.254. The lowest BCUT2D eigenvalue weighted by atomic mass is 9.93. The third-order valence-electron chi connectivity index (χ3n) is 6.15. The standard InChI is InChI=1S/C28H31NO5/c1-5-32-26-18(4)27-23(21-9-7-8-10-24(21)34-27)16-22(26)17(3)15-25(30)29-20-13-11-19(12-14-20)28(31)33-6-2/h11-16H,5-10H2,1-4H3,(H,29,30)/b17-15+. The van der Waals surface area contributed by atoms with Gasteiger partial charge in [-0.05, 0) is 82.9 Å². The van der Waals surface area contributed by atoms with Gasteiger partial charge in [-0.1, -0.05) is 0 Å². The summed E-state index contributed by atoms with van der Waals surface area (Å²) in [7, 11) is 0. The highest BCUT2D eigenvalue weighted by atomic mass is 16.5. The predicted octanol–water partition coefficient (Wildman–Crippen LogP) is 6.24. The predicted molar refractivity (Wildman–Crippen MR) is 133 cm³/mol. The van der Waals surface area contributed by atoms with Crippen LogP contribution in [0.1, 0.15) is 66.4 Å². The second-order valence-corrected chi connectivity index (χ2v) is 8.51. The van der Waals surface area contributed by atoms with Crippen molar-refractivity contribution in [3.8, 4) is 5.75 Å². The number of allylic oxidation sites excluding steroid dienone is 1. The summed E-state index contributed by atoms with van der Waals surface area (Å²) in [5.41, 5.74) is 5.88. The topological polar surface area (TPSA) is 77.8 Å². The quantitative estimate of drug-likeness (QED) is 0.333. The van der Waals surface area contributed by atoms with Gasteiger partial charge in [0.2, 0.25) is 5.91 Å². The lowest BCUT2D eigenvalue weighted by molar-refractivity contribution is -0.111. The molecule has 0 unspecified atom stereocenters. The Morgan fingerprint density at radius 2 is 1.82 bits per heavy atom. The van der Waals surface area contributed by atoms with Crippen LogP contribution < -0.4 is 10.1 Å². The Kier molecular flexibility index (Phi) is 7.06. The first kappa shape index (κ1) is 23.6. The average molecular weight is 462 g/mol. The van der Waals surface area contributed by atoms with Gasteiger partial charge in [-0.15, -0.1) is 0 Å². The van der Waals surface area contributed by atoms with Crippen LogP contribution in [0.3, 0.4) is 0 Å². The average Bonchev–Trinajstić information content (AvgIpc) is 3.20. The molecule has 1 aromatic heterocycles. The van der Waals surface area contributed by atoms with E-state index in [1.54, 1.807) is 37.3 Å². The molecule has 34 heavy (non-hydrogen) atoms. The summed E-state index contributed by atoms with van der Waals surface area (Å²) < 4.78 is 17.2. The second-order valence-electron chi connectivity index (χ2n) is 8.51. The monoisotopic (exact) mass is 461 g/mol. The number of hydrogen-bond donors (Lipinski definition) is 1. The van der Waals surface area contributed by atoms with Crippen LogP contribution in [0.15, 0.2) is 40.8 Å². The van der Waals surface area contributed by atoms with Crippen LogP contribution in [-0.4, -0.2) is 25.1 Å². The molecular weight excluding hydrogens is 430 g/mol. The van der Waals surface area contributed by atoms with E-state index in [0.29, 0.717) is 24.5 Å². The fraction of sp³-hybridized carbons (Fsp3) is 0.357. The summed E-state index contributed by atoms with van der Waals surface area (Å²) in [6.45, 7) is 8.48. The van der Waals surface area contributed by atoms with E-state index in [4.69, 9.17) is 13.9 Å². The van der Waals surface area contributed by atoms with Crippen LogP contribution in [0.4, 0.5) is 5.69 Å². The second kappa shape index (κ2) is 10.2. The van der Waals surface area contributed by atoms with Crippen molar-refractivity contribution in [1.82, 2.24) is 0 Å². The zero-order valence-electron chi connectivity index (χ0n) is 20.2. The Morgan fingerprint density at radius 3 is 2.53 bits per heavy atom. The van der Waals surface area contributed by atoms with Crippen molar-refractivity contribution in [3.05, 3.63) is 64.4 Å². The molecule has 1 aliphatic carbocycles. The number of rotatable bonds is 7. The van der Waals surface area contributed by atoms with Crippen LogP contribution >= 0.6 is 0 Å². The van der Waals surface area contributed by atoms with Gasteiger partial charge < -0.3 is 19.2 Å². The first-order chi connectivity index (χ1) is 16.4. The molecule has 0 aliphatic heterocycles. The Bertz CT molecular complexity index is 1250. The van der Waals surface area contributed by atoms with Crippen molar-refractivity contribution in [3.63, 3.8) is 0 Å². The van der Waals surface area contributed by atoms with Crippen LogP contribution in [0.5, 0.6) is 5.75 Å². The molecule has 4 rings (SSSR count). The van der Waals surface area contributed by atoms with Crippen LogP contribution in [0.25, 0.3) is 16.5 Å². The summed E-state index contributed by atoms with van der Waals surface area (Å²) in [5, 5.41) is 3.98. The minimum Gasteiger partial charge on any atom is -0.493 e. The minimum atomic E-state index is -0.383. The number of ether oxygens (including phenoxy) is 2. The molecule has 178 valence electrons. The van der Waals surface area contributed by atoms with Gasteiger partial charge in [0.25, 0.3) is 0 Å². The van der Waals surface area contributed by atoms with E-state index >= 15 is 0 Å². The normalized spacial score (nSPS) is 13.5. The number of furan rings is 1. The molecule has 0 bridgehead atoms. The maximum atomic E-state index is 12.8. The SMILES string of the molecule is CCOC(=O)c1ccc(NC(=O)/C=C(\C)c2cc3c4c(oc3c(C)c2OCC)CCCC4)cc1. The van der Waals surface area contributed by atoms with Gasteiger partial charge in [-0.2, -0.15) is 0 Å². The highest BCUT2D eigenvalue weighted by Gasteiger charge is 2.23. The van der Waals surface area contributed by atoms with Crippen LogP contribution in [0.2, 0.25) is 0 Å². The van der Waals surface area contributed by atoms with Crippen molar-refractivity contribution in [2.24, 2.45) is 0 Å². The summed E-state index contributed by atoms with van der Waals surface area (Å²) in [5.74, 6) is 1.19. The maximum absolute atomic E-state index is 12.8. The molecule has 1 amide bonds. The van der Waals surface area contributed by atoms with Crippen LogP contribution in [0, 0.1) is 6.92 Å². The van der Waals surface area contributed by atoms with E-state index in [9.17, 15) is 9.59 Å². The fourth-order valence-corrected chi connectivity index (χ4v) is 4.52. The number of fused-ring (bicyclic) bond motifs is 3. The highest BCUT2D eigenvalue weighted by molar-refractivity contribution is 6.05. The molecule has 2 aromatic carbocycles. The van der Waals surface area contributed by atoms with Crippen molar-refractivity contribution in [2.45, 2.75) is 53.4 Å². The third-order valence-corrected chi connectivity index (χ3v) is 6.15. The van der Waals surface area contributed by atoms with Gasteiger partial charge in [-0.25, -0.2) is 4.79 Å². The van der Waals surface area contributed by atoms with E-state index in [2.05, 4.69) is 11.4 Å². The molecule has 0 saturated heterocycles. The van der Waals surface area contributed by atoms with Crippen molar-refractivity contribution in [2.75, 3.05) is 18.5 Å². The number of nitrogens with one attached hydrogen (secondary N) is 1. The maximum Gasteiger partial charge on any atom is 0.338 e. The molecule has 3 aromatic rings. The Labute approximate surface area is 199 Å². The number of esters is 1. The molecule has 0 atom stereocenters. The number of carbonyl (C=O) groups is 2. The largest absolute Gasteiger partial charge is 0.493 e. The smallest absolute Gasteiger partial charge is 0.338 e. The lowest BCUT2D eigenvalue weighted by Gasteiger charge is -2.15. The molecule has 0 saturated carbocycles. The number of anilines is 1. The summed E-state index contributed by atoms with van der Waals surface area (Å²) >= 11 is 0. The zero-order chi connectivity index (χ0) is 24.2. The van der Waals surface area contributed by atoms with E-state index in [-0.39, 0.29) is 11.9 Å². The van der Waals surface area contributed by atoms with Gasteiger partial charge in [0.15, 0.2) is 0 Å². The molecule has 1 aliphatic rings. The molecule has 0 radical (unpaired) electrons. The Balaban J connectivity index is 1.62. The van der Waals surface area contributed by atoms with Gasteiger partial charge in [0.05, 0.1) is 18.8 Å². The van der Waals surface area contributed by atoms with Gasteiger partial charge >= 0.3 is 5.97 Å². The van der Waals surface area contributed by atoms with Crippen molar-refractivity contribution < 1.29 is 23.5 Å². The third kappa shape index (κ3) is 4.72. The van der Waals surface area contributed by atoms with E-state index in [0.717, 1.165) is 64.9 Å². The fourth-order valence-electron chi connectivity index (χ4n) is 4.52. The molecule has 6 nitrogen and oxygen atoms in total. The van der Waals surface area contributed by atoms with E-state index < -0.39 is 0 Å². The van der Waals surface area contributed by atoms with Gasteiger partial charge in [-0.3, -0.25) is 4.79 Å². The van der Waals surface area contributed by atoms with Crippen LogP contribution in [-0.2, 0) is 22.4 Å². The summed E-state index contributed by atoms with van der Waals surface area (Å²) in [4.78, 5) is 24.6. The lowest BCUT2D eigenvalue weighted by Crippen LogP contribution is -2.10. The van der Waals surface area contributed by atoms with E-state index in [1.807, 2.05) is 20.8 Å². The summed E-state index contributed by atoms with van der Waals surface area (Å²) in [6, 6.07) is 8.75. The highest BCUT2D eigenvalue weighted by Crippen LogP contribution is 2.41. The Hall–Kier alpha value is -3.54. The number of amides is 1. The van der Waals surface area contributed by atoms with Crippen molar-refractivity contribution in [1.29, 1.82) is 0 Å². The number of carbonyl (C=O) groups excluding carboxylic acids is 2. The van der Waals surface area contributed by atoms with Gasteiger partial charge in [0.1, 0.15) is 17.1 Å². The summed E-state index contributed by atoms with van der Waals surface area (Å²) in [6.07, 6.45) is 5.87. The first-order valence-electron chi connectivity index (χ1n) is 11.9. The Morgan fingerprint density at radius 1 is 1.09 bits per heavy atom. The first-order valence-corrected chi connectivity index (χ1v) is 11.9. The van der Waals surface area contributed by atoms with E-state index in [1.165, 1.54) is 5.56 Å². The number of hydrogen-bond acceptors (Lipinski definition) is 5. The molecule has 1 heterocycles. The molecular formula is C28H31NO5. The number of aryl methyl sites for hydroxylation is 3. The zero-order valence-corrected chi connectivity index (χ0v) is 20.2. The van der Waals surface area contributed by atoms with Crippen molar-refractivity contribution >= 4 is 34.1 Å². The molecule has 6 heteroatoms. The molecule has 0 spiro atoms. The number of benzene rings is 2.